The summed E-state index contributed by atoms with van der Waals surface area (Å²) in [5.74, 6) is 1.11. The minimum Gasteiger partial charge on any atom is -0.409 e. The Balaban J connectivity index is 2.17. The van der Waals surface area contributed by atoms with Crippen molar-refractivity contribution in [1.82, 2.24) is 4.98 Å². The lowest BCUT2D eigenvalue weighted by Crippen LogP contribution is -2.23. The van der Waals surface area contributed by atoms with E-state index in [2.05, 4.69) is 15.0 Å². The Morgan fingerprint density at radius 3 is 3.06 bits per heavy atom. The van der Waals surface area contributed by atoms with Crippen molar-refractivity contribution < 1.29 is 10.3 Å². The third kappa shape index (κ3) is 2.47. The number of nitrogens with two attached hydrogens (primary N) is 1. The van der Waals surface area contributed by atoms with Gasteiger partial charge in [-0.25, -0.2) is 4.98 Å². The molecule has 2 heterocycles. The molecular formula is C11H16N4O2. The normalized spacial score (nSPS) is 20.9. The minimum absolute atomic E-state index is 0.00440. The summed E-state index contributed by atoms with van der Waals surface area (Å²) in [5, 5.41) is 20.6. The van der Waals surface area contributed by atoms with Crippen LogP contribution in [0.5, 0.6) is 0 Å². The minimum atomic E-state index is 0.00440. The molecule has 0 aromatic carbocycles. The molecule has 1 aliphatic heterocycles. The molecule has 6 nitrogen and oxygen atoms in total. The van der Waals surface area contributed by atoms with Crippen LogP contribution in [0.3, 0.4) is 0 Å². The Morgan fingerprint density at radius 2 is 2.41 bits per heavy atom. The smallest absolute Gasteiger partial charge is 0.188 e. The molecule has 4 N–H and O–H groups in total. The number of anilines is 1. The van der Waals surface area contributed by atoms with Crippen molar-refractivity contribution in [2.75, 3.05) is 24.6 Å². The summed E-state index contributed by atoms with van der Waals surface area (Å²) in [5.41, 5.74) is 5.95. The van der Waals surface area contributed by atoms with E-state index < -0.39 is 0 Å². The standard InChI is InChI=1S/C11H16N4O2/c12-11(14-17)9-2-1-3-10(13-9)15-5-4-8(6-15)7-16/h1-3,8,16-17H,4-7H2,(H2,12,14). The first-order chi connectivity index (χ1) is 8.24. The molecule has 0 amide bonds. The summed E-state index contributed by atoms with van der Waals surface area (Å²) in [6.45, 7) is 1.87. The zero-order chi connectivity index (χ0) is 12.3. The molecule has 1 atom stereocenters. The van der Waals surface area contributed by atoms with Crippen LogP contribution in [0.25, 0.3) is 0 Å². The van der Waals surface area contributed by atoms with E-state index in [1.165, 1.54) is 0 Å². The lowest BCUT2D eigenvalue weighted by molar-refractivity contribution is 0.238. The molecule has 2 rings (SSSR count). The molecule has 0 bridgehead atoms. The lowest BCUT2D eigenvalue weighted by atomic mass is 10.1. The van der Waals surface area contributed by atoms with E-state index in [0.717, 1.165) is 25.3 Å². The maximum absolute atomic E-state index is 9.09. The van der Waals surface area contributed by atoms with Crippen LogP contribution in [0.15, 0.2) is 23.4 Å². The number of hydrogen-bond donors (Lipinski definition) is 3. The number of rotatable bonds is 3. The summed E-state index contributed by atoms with van der Waals surface area (Å²) < 4.78 is 0. The molecule has 1 unspecified atom stereocenters. The topological polar surface area (TPSA) is 95.0 Å². The summed E-state index contributed by atoms with van der Waals surface area (Å²) in [6.07, 6.45) is 0.964. The highest BCUT2D eigenvalue weighted by Crippen LogP contribution is 2.21. The van der Waals surface area contributed by atoms with Crippen LogP contribution in [0.4, 0.5) is 5.82 Å². The fraction of sp³-hybridized carbons (Fsp3) is 0.455. The van der Waals surface area contributed by atoms with Crippen LogP contribution in [-0.2, 0) is 0 Å². The Hall–Kier alpha value is -1.82. The number of hydrogen-bond acceptors (Lipinski definition) is 5. The third-order valence-corrected chi connectivity index (χ3v) is 2.97. The van der Waals surface area contributed by atoms with Crippen molar-refractivity contribution in [1.29, 1.82) is 0 Å². The van der Waals surface area contributed by atoms with Crippen molar-refractivity contribution in [2.45, 2.75) is 6.42 Å². The summed E-state index contributed by atoms with van der Waals surface area (Å²) >= 11 is 0. The molecule has 0 aliphatic carbocycles. The van der Waals surface area contributed by atoms with Crippen molar-refractivity contribution in [3.63, 3.8) is 0 Å². The van der Waals surface area contributed by atoms with Crippen LogP contribution in [0.2, 0.25) is 0 Å². The summed E-state index contributed by atoms with van der Waals surface area (Å²) in [4.78, 5) is 6.42. The van der Waals surface area contributed by atoms with Gasteiger partial charge in [0.05, 0.1) is 0 Å². The second kappa shape index (κ2) is 5.01. The first kappa shape index (κ1) is 11.7. The molecule has 0 saturated carbocycles. The highest BCUT2D eigenvalue weighted by Gasteiger charge is 2.22. The number of aliphatic hydroxyl groups is 1. The predicted octanol–water partition coefficient (Wildman–Crippen LogP) is -0.00530. The van der Waals surface area contributed by atoms with Crippen LogP contribution in [-0.4, -0.2) is 40.8 Å². The van der Waals surface area contributed by atoms with Crippen molar-refractivity contribution in [3.05, 3.63) is 23.9 Å². The predicted molar refractivity (Wildman–Crippen MR) is 64.2 cm³/mol. The second-order valence-corrected chi connectivity index (χ2v) is 4.15. The third-order valence-electron chi connectivity index (χ3n) is 2.97. The zero-order valence-corrected chi connectivity index (χ0v) is 9.45. The van der Waals surface area contributed by atoms with Gasteiger partial charge < -0.3 is 20.9 Å². The van der Waals surface area contributed by atoms with Gasteiger partial charge in [-0.3, -0.25) is 0 Å². The summed E-state index contributed by atoms with van der Waals surface area (Å²) in [7, 11) is 0. The molecule has 6 heteroatoms. The van der Waals surface area contributed by atoms with Gasteiger partial charge in [0, 0.05) is 25.6 Å². The molecule has 92 valence electrons. The van der Waals surface area contributed by atoms with Gasteiger partial charge in [-0.05, 0) is 18.6 Å². The molecule has 1 aromatic heterocycles. The average molecular weight is 236 g/mol. The summed E-state index contributed by atoms with van der Waals surface area (Å²) in [6, 6.07) is 5.40. The van der Waals surface area contributed by atoms with Crippen LogP contribution in [0, 0.1) is 5.92 Å². The van der Waals surface area contributed by atoms with Gasteiger partial charge in [-0.15, -0.1) is 0 Å². The van der Waals surface area contributed by atoms with Gasteiger partial charge in [0.1, 0.15) is 11.5 Å². The van der Waals surface area contributed by atoms with Gasteiger partial charge in [0.2, 0.25) is 0 Å². The average Bonchev–Trinajstić information content (AvgIpc) is 2.86. The van der Waals surface area contributed by atoms with Gasteiger partial charge in [0.15, 0.2) is 5.84 Å². The van der Waals surface area contributed by atoms with E-state index >= 15 is 0 Å². The lowest BCUT2D eigenvalue weighted by Gasteiger charge is -2.17. The fourth-order valence-electron chi connectivity index (χ4n) is 1.98. The molecule has 1 fully saturated rings. The Kier molecular flexibility index (Phi) is 3.43. The first-order valence-corrected chi connectivity index (χ1v) is 5.55. The molecule has 0 spiro atoms. The van der Waals surface area contributed by atoms with Gasteiger partial charge in [-0.2, -0.15) is 0 Å². The number of aliphatic hydroxyl groups excluding tert-OH is 1. The van der Waals surface area contributed by atoms with Gasteiger partial charge in [0.25, 0.3) is 0 Å². The molecule has 17 heavy (non-hydrogen) atoms. The molecular weight excluding hydrogens is 220 g/mol. The van der Waals surface area contributed by atoms with Crippen LogP contribution in [0.1, 0.15) is 12.1 Å². The Labute approximate surface area is 99.4 Å². The van der Waals surface area contributed by atoms with E-state index in [9.17, 15) is 0 Å². The van der Waals surface area contributed by atoms with Crippen molar-refractivity contribution in [3.8, 4) is 0 Å². The van der Waals surface area contributed by atoms with E-state index in [4.69, 9.17) is 16.0 Å². The first-order valence-electron chi connectivity index (χ1n) is 5.55. The number of nitrogens with zero attached hydrogens (tertiary/aromatic N) is 3. The number of pyridine rings is 1. The van der Waals surface area contributed by atoms with E-state index in [-0.39, 0.29) is 12.4 Å². The van der Waals surface area contributed by atoms with E-state index in [1.807, 2.05) is 12.1 Å². The van der Waals surface area contributed by atoms with Crippen molar-refractivity contribution >= 4 is 11.7 Å². The van der Waals surface area contributed by atoms with E-state index in [1.54, 1.807) is 6.07 Å². The Bertz CT molecular complexity index is 422. The SMILES string of the molecule is N/C(=N/O)c1cccc(N2CCC(CO)C2)n1. The van der Waals surface area contributed by atoms with Crippen LogP contribution < -0.4 is 10.6 Å². The highest BCUT2D eigenvalue weighted by atomic mass is 16.4. The Morgan fingerprint density at radius 1 is 1.59 bits per heavy atom. The van der Waals surface area contributed by atoms with Crippen LogP contribution >= 0.6 is 0 Å². The maximum Gasteiger partial charge on any atom is 0.188 e. The quantitative estimate of drug-likeness (QED) is 0.297. The fourth-order valence-corrected chi connectivity index (χ4v) is 1.98. The highest BCUT2D eigenvalue weighted by molar-refractivity contribution is 5.95. The number of amidine groups is 1. The largest absolute Gasteiger partial charge is 0.409 e. The van der Waals surface area contributed by atoms with Crippen molar-refractivity contribution in [2.24, 2.45) is 16.8 Å². The monoisotopic (exact) mass is 236 g/mol. The molecule has 1 aromatic rings. The van der Waals surface area contributed by atoms with Gasteiger partial charge >= 0.3 is 0 Å². The molecule has 1 saturated heterocycles. The van der Waals surface area contributed by atoms with E-state index in [0.29, 0.717) is 11.6 Å². The zero-order valence-electron chi connectivity index (χ0n) is 9.45. The second-order valence-electron chi connectivity index (χ2n) is 4.15. The maximum atomic E-state index is 9.09. The van der Waals surface area contributed by atoms with Gasteiger partial charge in [-0.1, -0.05) is 11.2 Å². The molecule has 1 aliphatic rings. The molecule has 0 radical (unpaired) electrons. The number of oxime groups is 1. The number of aromatic nitrogens is 1.